The predicted molar refractivity (Wildman–Crippen MR) is 91.2 cm³/mol. The monoisotopic (exact) mass is 366 g/mol. The Hall–Kier alpha value is -2.48. The molecule has 2 aromatic rings. The molecule has 0 saturated heterocycles. The second kappa shape index (κ2) is 7.18. The van der Waals surface area contributed by atoms with Gasteiger partial charge in [-0.15, -0.1) is 11.3 Å². The maximum Gasteiger partial charge on any atom is 0.341 e. The number of amides is 1. The van der Waals surface area contributed by atoms with E-state index in [-0.39, 0.29) is 12.2 Å². The minimum absolute atomic E-state index is 0.162. The van der Waals surface area contributed by atoms with Gasteiger partial charge in [-0.05, 0) is 37.0 Å². The molecular weight excluding hydrogens is 350 g/mol. The largest absolute Gasteiger partial charge is 0.465 e. The van der Waals surface area contributed by atoms with E-state index in [9.17, 15) is 18.4 Å². The minimum atomic E-state index is -0.731. The van der Waals surface area contributed by atoms with Crippen molar-refractivity contribution >= 4 is 33.9 Å². The Morgan fingerprint density at radius 2 is 1.92 bits per heavy atom. The van der Waals surface area contributed by atoms with Gasteiger partial charge in [0.05, 0.1) is 19.2 Å². The van der Waals surface area contributed by atoms with Crippen LogP contribution in [0, 0.1) is 11.6 Å². The Morgan fingerprint density at radius 3 is 2.60 bits per heavy atom. The zero-order chi connectivity index (χ0) is 18.0. The molecule has 0 unspecified atom stereocenters. The maximum atomic E-state index is 13.1. The van der Waals surface area contributed by atoms with Gasteiger partial charge in [-0.2, -0.15) is 0 Å². The molecule has 25 heavy (non-hydrogen) atoms. The number of carbonyl (C=O) groups excluding carboxylic acids is 2. The molecule has 0 radical (unpaired) electrons. The summed E-state index contributed by atoms with van der Waals surface area (Å²) in [5.41, 5.74) is 1.51. The molecular formula is C17H16F2N2O3S. The summed E-state index contributed by atoms with van der Waals surface area (Å²) in [7, 11) is 1.30. The summed E-state index contributed by atoms with van der Waals surface area (Å²) in [6, 6.07) is 2.94. The first-order valence-electron chi connectivity index (χ1n) is 7.70. The molecule has 0 atom stereocenters. The van der Waals surface area contributed by atoms with Crippen LogP contribution in [0.1, 0.15) is 27.2 Å². The van der Waals surface area contributed by atoms with Crippen LogP contribution < -0.4 is 10.6 Å². The van der Waals surface area contributed by atoms with Crippen LogP contribution in [0.5, 0.6) is 0 Å². The number of esters is 1. The highest BCUT2D eigenvalue weighted by atomic mass is 32.1. The van der Waals surface area contributed by atoms with Crippen molar-refractivity contribution in [2.75, 3.05) is 24.3 Å². The van der Waals surface area contributed by atoms with Crippen LogP contribution in [0.4, 0.5) is 19.5 Å². The van der Waals surface area contributed by atoms with E-state index in [1.54, 1.807) is 0 Å². The Kier molecular flexibility index (Phi) is 4.98. The van der Waals surface area contributed by atoms with E-state index in [0.717, 1.165) is 47.9 Å². The van der Waals surface area contributed by atoms with Gasteiger partial charge in [-0.25, -0.2) is 13.6 Å². The number of halogens is 2. The third-order valence-electron chi connectivity index (χ3n) is 3.88. The Morgan fingerprint density at radius 1 is 1.20 bits per heavy atom. The number of hydrogen-bond donors (Lipinski definition) is 2. The number of rotatable bonds is 5. The van der Waals surface area contributed by atoms with E-state index in [1.807, 2.05) is 0 Å². The Bertz CT molecular complexity index is 815. The number of benzene rings is 1. The molecule has 8 heteroatoms. The van der Waals surface area contributed by atoms with E-state index in [1.165, 1.54) is 18.4 Å². The zero-order valence-electron chi connectivity index (χ0n) is 13.4. The predicted octanol–water partition coefficient (Wildman–Crippen LogP) is 3.35. The van der Waals surface area contributed by atoms with E-state index in [4.69, 9.17) is 4.74 Å². The summed E-state index contributed by atoms with van der Waals surface area (Å²) < 4.78 is 31.1. The molecule has 0 spiro atoms. The van der Waals surface area contributed by atoms with Gasteiger partial charge in [0.15, 0.2) is 0 Å². The van der Waals surface area contributed by atoms with E-state index >= 15 is 0 Å². The van der Waals surface area contributed by atoms with E-state index < -0.39 is 23.5 Å². The van der Waals surface area contributed by atoms with Crippen molar-refractivity contribution < 1.29 is 23.1 Å². The van der Waals surface area contributed by atoms with Gasteiger partial charge in [0.25, 0.3) is 0 Å². The van der Waals surface area contributed by atoms with Gasteiger partial charge < -0.3 is 15.4 Å². The first-order valence-corrected chi connectivity index (χ1v) is 8.52. The summed E-state index contributed by atoms with van der Waals surface area (Å²) in [6.07, 6.45) is 2.64. The summed E-state index contributed by atoms with van der Waals surface area (Å²) in [4.78, 5) is 25.2. The molecule has 3 rings (SSSR count). The summed E-state index contributed by atoms with van der Waals surface area (Å²) in [5, 5.41) is 5.79. The van der Waals surface area contributed by atoms with Crippen molar-refractivity contribution in [1.29, 1.82) is 0 Å². The maximum absolute atomic E-state index is 13.1. The van der Waals surface area contributed by atoms with Crippen LogP contribution in [0.3, 0.4) is 0 Å². The molecule has 1 aromatic carbocycles. The number of hydrogen-bond acceptors (Lipinski definition) is 5. The number of ether oxygens (including phenoxy) is 1. The number of aryl methyl sites for hydroxylation is 1. The molecule has 2 N–H and O–H groups in total. The first kappa shape index (κ1) is 17.3. The SMILES string of the molecule is COC(=O)c1c(NC(=O)CNc2cc(F)cc(F)c2)sc2c1CCC2. The minimum Gasteiger partial charge on any atom is -0.465 e. The molecule has 0 bridgehead atoms. The van der Waals surface area contributed by atoms with Crippen molar-refractivity contribution in [3.05, 3.63) is 45.8 Å². The van der Waals surface area contributed by atoms with Crippen molar-refractivity contribution in [2.24, 2.45) is 0 Å². The highest BCUT2D eigenvalue weighted by Gasteiger charge is 2.27. The smallest absolute Gasteiger partial charge is 0.341 e. The van der Waals surface area contributed by atoms with Crippen molar-refractivity contribution in [1.82, 2.24) is 0 Å². The molecule has 132 valence electrons. The van der Waals surface area contributed by atoms with Crippen LogP contribution in [0.25, 0.3) is 0 Å². The average Bonchev–Trinajstić information content (AvgIpc) is 3.12. The van der Waals surface area contributed by atoms with Crippen LogP contribution in [0.15, 0.2) is 18.2 Å². The van der Waals surface area contributed by atoms with Crippen molar-refractivity contribution in [2.45, 2.75) is 19.3 Å². The molecule has 1 aliphatic rings. The van der Waals surface area contributed by atoms with Gasteiger partial charge in [0.1, 0.15) is 16.6 Å². The first-order chi connectivity index (χ1) is 12.0. The molecule has 5 nitrogen and oxygen atoms in total. The van der Waals surface area contributed by atoms with Crippen molar-refractivity contribution in [3.63, 3.8) is 0 Å². The van der Waals surface area contributed by atoms with Gasteiger partial charge in [0, 0.05) is 16.6 Å². The third-order valence-corrected chi connectivity index (χ3v) is 5.09. The molecule has 0 fully saturated rings. The number of anilines is 2. The van der Waals surface area contributed by atoms with Crippen LogP contribution in [-0.2, 0) is 22.4 Å². The van der Waals surface area contributed by atoms with Gasteiger partial charge in [0.2, 0.25) is 5.91 Å². The lowest BCUT2D eigenvalue weighted by molar-refractivity contribution is -0.114. The normalized spacial score (nSPS) is 12.6. The molecule has 1 amide bonds. The number of carbonyl (C=O) groups is 2. The lowest BCUT2D eigenvalue weighted by Crippen LogP contribution is -2.22. The standard InChI is InChI=1S/C17H16F2N2O3S/c1-24-17(23)15-12-3-2-4-13(12)25-16(15)21-14(22)8-20-11-6-9(18)5-10(19)7-11/h5-7,20H,2-4,8H2,1H3,(H,21,22). The summed E-state index contributed by atoms with van der Waals surface area (Å²) in [6.45, 7) is -0.188. The molecule has 0 saturated carbocycles. The summed E-state index contributed by atoms with van der Waals surface area (Å²) >= 11 is 1.37. The fourth-order valence-corrected chi connectivity index (χ4v) is 4.11. The number of nitrogens with one attached hydrogen (secondary N) is 2. The number of methoxy groups -OCH3 is 1. The Balaban J connectivity index is 1.70. The lowest BCUT2D eigenvalue weighted by atomic mass is 10.1. The molecule has 1 heterocycles. The average molecular weight is 366 g/mol. The second-order valence-corrected chi connectivity index (χ2v) is 6.72. The van der Waals surface area contributed by atoms with Crippen molar-refractivity contribution in [3.8, 4) is 0 Å². The third kappa shape index (κ3) is 3.79. The quantitative estimate of drug-likeness (QED) is 0.797. The summed E-state index contributed by atoms with van der Waals surface area (Å²) in [5.74, 6) is -2.36. The zero-order valence-corrected chi connectivity index (χ0v) is 14.3. The van der Waals surface area contributed by atoms with Crippen LogP contribution in [0.2, 0.25) is 0 Å². The number of fused-ring (bicyclic) bond motifs is 1. The van der Waals surface area contributed by atoms with Crippen LogP contribution in [-0.4, -0.2) is 25.5 Å². The topological polar surface area (TPSA) is 67.4 Å². The molecule has 1 aliphatic carbocycles. The highest BCUT2D eigenvalue weighted by Crippen LogP contribution is 2.39. The fraction of sp³-hybridized carbons (Fsp3) is 0.294. The van der Waals surface area contributed by atoms with Gasteiger partial charge in [-0.1, -0.05) is 0 Å². The van der Waals surface area contributed by atoms with Crippen LogP contribution >= 0.6 is 11.3 Å². The molecule has 1 aromatic heterocycles. The highest BCUT2D eigenvalue weighted by molar-refractivity contribution is 7.17. The lowest BCUT2D eigenvalue weighted by Gasteiger charge is -2.09. The van der Waals surface area contributed by atoms with Gasteiger partial charge in [-0.3, -0.25) is 4.79 Å². The van der Waals surface area contributed by atoms with E-state index in [2.05, 4.69) is 10.6 Å². The van der Waals surface area contributed by atoms with Gasteiger partial charge >= 0.3 is 5.97 Å². The second-order valence-electron chi connectivity index (χ2n) is 5.61. The van der Waals surface area contributed by atoms with E-state index in [0.29, 0.717) is 10.6 Å². The molecule has 0 aliphatic heterocycles. The fourth-order valence-electron chi connectivity index (χ4n) is 2.82. The Labute approximate surface area is 147 Å². The number of thiophene rings is 1.